The average molecular weight is 318 g/mol. The summed E-state index contributed by atoms with van der Waals surface area (Å²) in [7, 11) is -3.09. The molecular weight excluding hydrogens is 302 g/mol. The lowest BCUT2D eigenvalue weighted by molar-refractivity contribution is 0.579. The molecule has 94 valence electrons. The van der Waals surface area contributed by atoms with Crippen molar-refractivity contribution in [3.05, 3.63) is 33.3 Å². The summed E-state index contributed by atoms with van der Waals surface area (Å²) in [4.78, 5) is 0. The van der Waals surface area contributed by atoms with Gasteiger partial charge in [-0.15, -0.1) is 0 Å². The monoisotopic (exact) mass is 317 g/mol. The maximum absolute atomic E-state index is 11.7. The number of hydrogen-bond donors (Lipinski definition) is 1. The molecule has 1 N–H and O–H groups in total. The van der Waals surface area contributed by atoms with Crippen LogP contribution >= 0.6 is 15.9 Å². The highest BCUT2D eigenvalue weighted by Crippen LogP contribution is 2.28. The normalized spacial score (nSPS) is 16.2. The Morgan fingerprint density at radius 1 is 1.29 bits per heavy atom. The molecule has 2 rings (SSSR count). The van der Waals surface area contributed by atoms with Gasteiger partial charge in [0.15, 0.2) is 0 Å². The van der Waals surface area contributed by atoms with Crippen molar-refractivity contribution < 1.29 is 8.42 Å². The minimum absolute atomic E-state index is 0.154. The fourth-order valence-electron chi connectivity index (χ4n) is 1.89. The second-order valence-electron chi connectivity index (χ2n) is 4.58. The van der Waals surface area contributed by atoms with Crippen LogP contribution in [-0.2, 0) is 16.6 Å². The van der Waals surface area contributed by atoms with Crippen LogP contribution in [0.25, 0.3) is 0 Å². The van der Waals surface area contributed by atoms with E-state index in [0.29, 0.717) is 6.54 Å². The van der Waals surface area contributed by atoms with E-state index in [-0.39, 0.29) is 5.25 Å². The van der Waals surface area contributed by atoms with Crippen molar-refractivity contribution in [2.24, 2.45) is 0 Å². The van der Waals surface area contributed by atoms with Crippen molar-refractivity contribution in [1.82, 2.24) is 4.72 Å². The third kappa shape index (κ3) is 3.09. The number of halogens is 1. The van der Waals surface area contributed by atoms with Crippen LogP contribution in [0, 0.1) is 13.8 Å². The molecule has 0 aromatic heterocycles. The topological polar surface area (TPSA) is 46.2 Å². The summed E-state index contributed by atoms with van der Waals surface area (Å²) in [5.74, 6) is 0. The Bertz CT molecular complexity index is 512. The van der Waals surface area contributed by atoms with Gasteiger partial charge in [0.2, 0.25) is 10.0 Å². The molecule has 1 fully saturated rings. The summed E-state index contributed by atoms with van der Waals surface area (Å²) < 4.78 is 27.2. The Morgan fingerprint density at radius 2 is 1.82 bits per heavy atom. The van der Waals surface area contributed by atoms with E-state index in [9.17, 15) is 8.42 Å². The summed E-state index contributed by atoms with van der Waals surface area (Å²) in [5, 5.41) is -0.154. The average Bonchev–Trinajstić information content (AvgIpc) is 2.98. The van der Waals surface area contributed by atoms with E-state index >= 15 is 0 Å². The molecule has 5 heteroatoms. The van der Waals surface area contributed by atoms with Crippen LogP contribution in [0.4, 0.5) is 0 Å². The van der Waals surface area contributed by atoms with Crippen LogP contribution in [0.5, 0.6) is 0 Å². The first-order valence-corrected chi connectivity index (χ1v) is 7.98. The standard InChI is InChI=1S/C12H16BrNO2S/c1-8-5-10(13)6-9(2)12(8)7-14-17(15,16)11-3-4-11/h5-6,11,14H,3-4,7H2,1-2H3. The van der Waals surface area contributed by atoms with Crippen molar-refractivity contribution in [1.29, 1.82) is 0 Å². The van der Waals surface area contributed by atoms with Gasteiger partial charge in [-0.05, 0) is 55.5 Å². The zero-order chi connectivity index (χ0) is 12.6. The van der Waals surface area contributed by atoms with Gasteiger partial charge in [0.05, 0.1) is 5.25 Å². The highest BCUT2D eigenvalue weighted by molar-refractivity contribution is 9.10. The molecule has 1 aliphatic carbocycles. The Labute approximate surface area is 111 Å². The predicted molar refractivity (Wildman–Crippen MR) is 72.4 cm³/mol. The molecule has 3 nitrogen and oxygen atoms in total. The highest BCUT2D eigenvalue weighted by Gasteiger charge is 2.35. The number of nitrogens with one attached hydrogen (secondary N) is 1. The quantitative estimate of drug-likeness (QED) is 0.928. The van der Waals surface area contributed by atoms with Gasteiger partial charge in [0, 0.05) is 11.0 Å². The molecule has 0 amide bonds. The summed E-state index contributed by atoms with van der Waals surface area (Å²) in [5.41, 5.74) is 3.28. The minimum atomic E-state index is -3.09. The van der Waals surface area contributed by atoms with Crippen LogP contribution in [0.1, 0.15) is 29.5 Å². The van der Waals surface area contributed by atoms with Gasteiger partial charge >= 0.3 is 0 Å². The zero-order valence-corrected chi connectivity index (χ0v) is 12.4. The number of hydrogen-bond acceptors (Lipinski definition) is 2. The van der Waals surface area contributed by atoms with E-state index in [1.54, 1.807) is 0 Å². The van der Waals surface area contributed by atoms with Crippen LogP contribution in [0.2, 0.25) is 0 Å². The van der Waals surface area contributed by atoms with Crippen molar-refractivity contribution in [3.63, 3.8) is 0 Å². The van der Waals surface area contributed by atoms with Crippen molar-refractivity contribution in [2.45, 2.75) is 38.5 Å². The Kier molecular flexibility index (Phi) is 3.61. The molecule has 17 heavy (non-hydrogen) atoms. The summed E-state index contributed by atoms with van der Waals surface area (Å²) >= 11 is 3.43. The van der Waals surface area contributed by atoms with Crippen molar-refractivity contribution >= 4 is 26.0 Å². The van der Waals surface area contributed by atoms with E-state index in [4.69, 9.17) is 0 Å². The number of aryl methyl sites for hydroxylation is 2. The van der Waals surface area contributed by atoms with E-state index in [2.05, 4.69) is 20.7 Å². The van der Waals surface area contributed by atoms with Gasteiger partial charge in [-0.25, -0.2) is 13.1 Å². The molecule has 0 spiro atoms. The molecule has 0 aliphatic heterocycles. The number of benzene rings is 1. The minimum Gasteiger partial charge on any atom is -0.212 e. The van der Waals surface area contributed by atoms with Crippen LogP contribution in [0.15, 0.2) is 16.6 Å². The van der Waals surface area contributed by atoms with E-state index < -0.39 is 10.0 Å². The molecule has 0 atom stereocenters. The third-order valence-electron chi connectivity index (χ3n) is 3.07. The second-order valence-corrected chi connectivity index (χ2v) is 7.54. The molecular formula is C12H16BrNO2S. The Balaban J connectivity index is 2.14. The van der Waals surface area contributed by atoms with Gasteiger partial charge < -0.3 is 0 Å². The Morgan fingerprint density at radius 3 is 2.29 bits per heavy atom. The van der Waals surface area contributed by atoms with E-state index in [1.807, 2.05) is 26.0 Å². The summed E-state index contributed by atoms with van der Waals surface area (Å²) in [6.45, 7) is 4.39. The summed E-state index contributed by atoms with van der Waals surface area (Å²) in [6, 6.07) is 4.02. The van der Waals surface area contributed by atoms with Gasteiger partial charge in [0.25, 0.3) is 0 Å². The predicted octanol–water partition coefficient (Wildman–Crippen LogP) is 2.65. The SMILES string of the molecule is Cc1cc(Br)cc(C)c1CNS(=O)(=O)C1CC1. The first-order valence-electron chi connectivity index (χ1n) is 5.64. The molecule has 1 aromatic rings. The molecule has 1 saturated carbocycles. The number of rotatable bonds is 4. The molecule has 1 aromatic carbocycles. The van der Waals surface area contributed by atoms with Gasteiger partial charge in [-0.1, -0.05) is 15.9 Å². The molecule has 0 saturated heterocycles. The molecule has 0 bridgehead atoms. The second kappa shape index (κ2) is 4.71. The zero-order valence-electron chi connectivity index (χ0n) is 9.96. The Hall–Kier alpha value is -0.390. The maximum atomic E-state index is 11.7. The van der Waals surface area contributed by atoms with Crippen LogP contribution in [0.3, 0.4) is 0 Å². The van der Waals surface area contributed by atoms with Crippen molar-refractivity contribution in [3.8, 4) is 0 Å². The lowest BCUT2D eigenvalue weighted by Crippen LogP contribution is -2.27. The maximum Gasteiger partial charge on any atom is 0.214 e. The first-order chi connectivity index (χ1) is 7.90. The third-order valence-corrected chi connectivity index (χ3v) is 5.43. The fraction of sp³-hybridized carbons (Fsp3) is 0.500. The highest BCUT2D eigenvalue weighted by atomic mass is 79.9. The summed E-state index contributed by atoms with van der Waals surface area (Å²) in [6.07, 6.45) is 1.60. The van der Waals surface area contributed by atoms with Crippen molar-refractivity contribution in [2.75, 3.05) is 0 Å². The van der Waals surface area contributed by atoms with E-state index in [0.717, 1.165) is 34.0 Å². The van der Waals surface area contributed by atoms with E-state index in [1.165, 1.54) is 0 Å². The smallest absolute Gasteiger partial charge is 0.212 e. The van der Waals surface area contributed by atoms with Gasteiger partial charge in [0.1, 0.15) is 0 Å². The lowest BCUT2D eigenvalue weighted by Gasteiger charge is -2.12. The first kappa shape index (κ1) is 13.1. The molecule has 1 aliphatic rings. The van der Waals surface area contributed by atoms with Gasteiger partial charge in [-0.3, -0.25) is 0 Å². The molecule has 0 heterocycles. The largest absolute Gasteiger partial charge is 0.214 e. The lowest BCUT2D eigenvalue weighted by atomic mass is 10.0. The fourth-order valence-corrected chi connectivity index (χ4v) is 3.91. The van der Waals surface area contributed by atoms with Gasteiger partial charge in [-0.2, -0.15) is 0 Å². The number of sulfonamides is 1. The molecule has 0 unspecified atom stereocenters. The van der Waals surface area contributed by atoms with Crippen LogP contribution < -0.4 is 4.72 Å². The van der Waals surface area contributed by atoms with Crippen LogP contribution in [-0.4, -0.2) is 13.7 Å². The molecule has 0 radical (unpaired) electrons.